The lowest BCUT2D eigenvalue weighted by Gasteiger charge is -2.07. The molecule has 1 amide bonds. The van der Waals surface area contributed by atoms with E-state index in [0.29, 0.717) is 29.2 Å². The molecule has 0 atom stereocenters. The average Bonchev–Trinajstić information content (AvgIpc) is 3.42. The molecule has 0 spiro atoms. The Hall–Kier alpha value is -4.61. The van der Waals surface area contributed by atoms with E-state index in [1.54, 1.807) is 24.3 Å². The van der Waals surface area contributed by atoms with Crippen LogP contribution in [0.25, 0.3) is 17.1 Å². The molecule has 0 radical (unpaired) electrons. The van der Waals surface area contributed by atoms with Crippen LogP contribution in [0, 0.1) is 5.82 Å². The molecule has 32 heavy (non-hydrogen) atoms. The fourth-order valence-electron chi connectivity index (χ4n) is 2.82. The van der Waals surface area contributed by atoms with E-state index < -0.39 is 5.91 Å². The first-order valence-corrected chi connectivity index (χ1v) is 9.43. The number of rotatable bonds is 7. The minimum atomic E-state index is -0.631. The Morgan fingerprint density at radius 3 is 2.62 bits per heavy atom. The highest BCUT2D eigenvalue weighted by Crippen LogP contribution is 2.28. The fourth-order valence-corrected chi connectivity index (χ4v) is 2.82. The van der Waals surface area contributed by atoms with Crippen LogP contribution in [0.5, 0.6) is 5.75 Å². The van der Waals surface area contributed by atoms with Crippen molar-refractivity contribution in [2.75, 3.05) is 12.3 Å². The van der Waals surface area contributed by atoms with Crippen molar-refractivity contribution in [3.8, 4) is 22.8 Å². The number of carbonyl (C=O) groups is 1. The molecule has 2 aromatic heterocycles. The Morgan fingerprint density at radius 1 is 1.22 bits per heavy atom. The lowest BCUT2D eigenvalue weighted by molar-refractivity contribution is 0.0950. The number of halogens is 1. The third-order valence-corrected chi connectivity index (χ3v) is 4.27. The van der Waals surface area contributed by atoms with Crippen LogP contribution < -0.4 is 15.9 Å². The number of ether oxygens (including phenoxy) is 1. The van der Waals surface area contributed by atoms with Gasteiger partial charge in [-0.1, -0.05) is 17.3 Å². The number of aromatic nitrogens is 5. The molecule has 0 fully saturated rings. The van der Waals surface area contributed by atoms with E-state index in [-0.39, 0.29) is 23.1 Å². The molecule has 4 aromatic rings. The molecule has 0 saturated heterocycles. The SMILES string of the molecule is CCOc1ccc(-c2c(C(=O)N/N=C/c3ccc(F)cc3)nnn2-c2nonc2N)cc1. The van der Waals surface area contributed by atoms with Crippen molar-refractivity contribution in [1.29, 1.82) is 0 Å². The van der Waals surface area contributed by atoms with Gasteiger partial charge in [-0.15, -0.1) is 5.10 Å². The number of carbonyl (C=O) groups excluding carboxylic acids is 1. The highest BCUT2D eigenvalue weighted by atomic mass is 19.1. The van der Waals surface area contributed by atoms with E-state index in [2.05, 4.69) is 35.8 Å². The van der Waals surface area contributed by atoms with Crippen LogP contribution >= 0.6 is 0 Å². The van der Waals surface area contributed by atoms with E-state index in [1.807, 2.05) is 6.92 Å². The lowest BCUT2D eigenvalue weighted by Crippen LogP contribution is -2.19. The van der Waals surface area contributed by atoms with E-state index in [0.717, 1.165) is 0 Å². The van der Waals surface area contributed by atoms with Crippen LogP contribution in [-0.4, -0.2) is 44.0 Å². The minimum absolute atomic E-state index is 0.0247. The zero-order valence-corrected chi connectivity index (χ0v) is 16.8. The number of hydrogen-bond acceptors (Lipinski definition) is 9. The molecule has 4 rings (SSSR count). The van der Waals surface area contributed by atoms with E-state index >= 15 is 0 Å². The highest BCUT2D eigenvalue weighted by Gasteiger charge is 2.25. The minimum Gasteiger partial charge on any atom is -0.494 e. The molecule has 11 nitrogen and oxygen atoms in total. The van der Waals surface area contributed by atoms with Gasteiger partial charge < -0.3 is 10.5 Å². The van der Waals surface area contributed by atoms with Gasteiger partial charge in [0.15, 0.2) is 5.69 Å². The van der Waals surface area contributed by atoms with E-state index in [9.17, 15) is 9.18 Å². The molecule has 0 unspecified atom stereocenters. The maximum atomic E-state index is 13.0. The summed E-state index contributed by atoms with van der Waals surface area (Å²) in [4.78, 5) is 12.8. The largest absolute Gasteiger partial charge is 0.494 e. The molecule has 2 aromatic carbocycles. The van der Waals surface area contributed by atoms with Gasteiger partial charge in [-0.2, -0.15) is 9.78 Å². The van der Waals surface area contributed by atoms with Gasteiger partial charge in [0.2, 0.25) is 11.6 Å². The first-order chi connectivity index (χ1) is 15.6. The monoisotopic (exact) mass is 436 g/mol. The predicted octanol–water partition coefficient (Wildman–Crippen LogP) is 2.20. The summed E-state index contributed by atoms with van der Waals surface area (Å²) in [6.45, 7) is 2.39. The van der Waals surface area contributed by atoms with Crippen LogP contribution in [0.4, 0.5) is 10.2 Å². The summed E-state index contributed by atoms with van der Waals surface area (Å²) in [5.74, 6) is -0.288. The van der Waals surface area contributed by atoms with Crippen LogP contribution in [-0.2, 0) is 0 Å². The summed E-state index contributed by atoms with van der Waals surface area (Å²) in [6.07, 6.45) is 1.37. The number of nitrogens with zero attached hydrogens (tertiary/aromatic N) is 6. The van der Waals surface area contributed by atoms with Crippen molar-refractivity contribution in [2.45, 2.75) is 6.92 Å². The fraction of sp³-hybridized carbons (Fsp3) is 0.100. The second-order valence-electron chi connectivity index (χ2n) is 6.38. The van der Waals surface area contributed by atoms with E-state index in [4.69, 9.17) is 10.5 Å². The molecule has 0 aliphatic rings. The zero-order chi connectivity index (χ0) is 22.5. The maximum absolute atomic E-state index is 13.0. The van der Waals surface area contributed by atoms with Gasteiger partial charge >= 0.3 is 0 Å². The number of anilines is 1. The standard InChI is InChI=1S/C20H17FN8O3/c1-2-31-15-9-5-13(6-10-15)17-16(24-28-29(17)19-18(22)26-32-27-19)20(30)25-23-11-12-3-7-14(21)8-4-12/h3-11H,2H2,1H3,(H2,22,26)(H,25,30)/b23-11+. The number of hydrogen-bond donors (Lipinski definition) is 2. The molecule has 3 N–H and O–H groups in total. The van der Waals surface area contributed by atoms with Gasteiger partial charge in [0.25, 0.3) is 5.91 Å². The van der Waals surface area contributed by atoms with Crippen LogP contribution in [0.3, 0.4) is 0 Å². The Kier molecular flexibility index (Phi) is 5.83. The summed E-state index contributed by atoms with van der Waals surface area (Å²) in [5, 5.41) is 19.1. The molecule has 0 aliphatic heterocycles. The molecule has 12 heteroatoms. The highest BCUT2D eigenvalue weighted by molar-refractivity contribution is 5.98. The predicted molar refractivity (Wildman–Crippen MR) is 112 cm³/mol. The van der Waals surface area contributed by atoms with Gasteiger partial charge in [-0.25, -0.2) is 14.4 Å². The van der Waals surface area contributed by atoms with Crippen LogP contribution in [0.2, 0.25) is 0 Å². The lowest BCUT2D eigenvalue weighted by atomic mass is 10.1. The van der Waals surface area contributed by atoms with Gasteiger partial charge in [0.1, 0.15) is 17.3 Å². The van der Waals surface area contributed by atoms with Gasteiger partial charge in [-0.3, -0.25) is 4.79 Å². The first-order valence-electron chi connectivity index (χ1n) is 9.43. The van der Waals surface area contributed by atoms with Crippen LogP contribution in [0.15, 0.2) is 58.3 Å². The molecular weight excluding hydrogens is 419 g/mol. The van der Waals surface area contributed by atoms with Gasteiger partial charge in [0.05, 0.1) is 12.8 Å². The number of benzene rings is 2. The number of hydrazone groups is 1. The summed E-state index contributed by atoms with van der Waals surface area (Å²) < 4.78 is 24.4. The third kappa shape index (κ3) is 4.28. The smallest absolute Gasteiger partial charge is 0.294 e. The number of nitrogen functional groups attached to an aromatic ring is 1. The quantitative estimate of drug-likeness (QED) is 0.331. The second-order valence-corrected chi connectivity index (χ2v) is 6.38. The molecular formula is C20H17FN8O3. The molecule has 0 saturated carbocycles. The van der Waals surface area contributed by atoms with Crippen molar-refractivity contribution in [2.24, 2.45) is 5.10 Å². The van der Waals surface area contributed by atoms with Crippen molar-refractivity contribution in [3.63, 3.8) is 0 Å². The van der Waals surface area contributed by atoms with Crippen LogP contribution in [0.1, 0.15) is 23.0 Å². The average molecular weight is 436 g/mol. The number of nitrogens with two attached hydrogens (primary N) is 1. The summed E-state index contributed by atoms with van der Waals surface area (Å²) in [5.41, 5.74) is 9.63. The zero-order valence-electron chi connectivity index (χ0n) is 16.8. The Bertz CT molecular complexity index is 1250. The molecule has 2 heterocycles. The molecule has 162 valence electrons. The number of nitrogens with one attached hydrogen (secondary N) is 1. The van der Waals surface area contributed by atoms with Crippen molar-refractivity contribution in [3.05, 3.63) is 65.6 Å². The number of amides is 1. The first kappa shape index (κ1) is 20.7. The normalized spacial score (nSPS) is 11.1. The summed E-state index contributed by atoms with van der Waals surface area (Å²) in [7, 11) is 0. The van der Waals surface area contributed by atoms with Gasteiger partial charge in [-0.05, 0) is 59.2 Å². The summed E-state index contributed by atoms with van der Waals surface area (Å²) in [6, 6.07) is 12.6. The molecule has 0 bridgehead atoms. The maximum Gasteiger partial charge on any atom is 0.294 e. The topological polar surface area (TPSA) is 146 Å². The third-order valence-electron chi connectivity index (χ3n) is 4.27. The Labute approximate surface area is 180 Å². The van der Waals surface area contributed by atoms with Crippen molar-refractivity contribution >= 4 is 17.9 Å². The summed E-state index contributed by atoms with van der Waals surface area (Å²) >= 11 is 0. The van der Waals surface area contributed by atoms with E-state index in [1.165, 1.54) is 35.2 Å². The van der Waals surface area contributed by atoms with Crippen molar-refractivity contribution in [1.82, 2.24) is 30.7 Å². The van der Waals surface area contributed by atoms with Crippen molar-refractivity contribution < 1.29 is 18.6 Å². The van der Waals surface area contributed by atoms with Gasteiger partial charge in [0, 0.05) is 5.56 Å². The molecule has 0 aliphatic carbocycles. The Balaban J connectivity index is 1.67. The Morgan fingerprint density at radius 2 is 1.97 bits per heavy atom. The second kappa shape index (κ2) is 9.04.